The molecule has 0 saturated heterocycles. The first-order valence-electron chi connectivity index (χ1n) is 6.05. The van der Waals surface area contributed by atoms with Crippen LogP contribution in [0.25, 0.3) is 11.1 Å². The molecule has 2 rings (SSSR count). The number of halogens is 2. The van der Waals surface area contributed by atoms with Crippen LogP contribution in [0.1, 0.15) is 19.4 Å². The van der Waals surface area contributed by atoms with E-state index in [0.29, 0.717) is 0 Å². The Bertz CT molecular complexity index is 593. The number of hydrogen-bond donors (Lipinski definition) is 0. The largest absolute Gasteiger partial charge is 0.374 e. The molecule has 3 heteroatoms. The van der Waals surface area contributed by atoms with Crippen molar-refractivity contribution in [2.24, 2.45) is 0 Å². The lowest BCUT2D eigenvalue weighted by atomic mass is 9.95. The molecule has 2 aromatic carbocycles. The van der Waals surface area contributed by atoms with Crippen molar-refractivity contribution in [2.45, 2.75) is 19.4 Å². The zero-order valence-corrected chi connectivity index (χ0v) is 13.5. The van der Waals surface area contributed by atoms with E-state index >= 15 is 0 Å². The van der Waals surface area contributed by atoms with Crippen LogP contribution in [0.4, 0.5) is 0 Å². The summed E-state index contributed by atoms with van der Waals surface area (Å²) in [6.45, 7) is 4.05. The summed E-state index contributed by atoms with van der Waals surface area (Å²) in [6, 6.07) is 14.2. The quantitative estimate of drug-likeness (QED) is 0.702. The lowest BCUT2D eigenvalue weighted by molar-refractivity contribution is 0.0192. The van der Waals surface area contributed by atoms with E-state index in [1.807, 2.05) is 44.2 Å². The maximum atomic E-state index is 6.41. The number of rotatable bonds is 3. The Morgan fingerprint density at radius 2 is 1.84 bits per heavy atom. The third-order valence-electron chi connectivity index (χ3n) is 3.31. The molecule has 0 radical (unpaired) electrons. The van der Waals surface area contributed by atoms with Crippen molar-refractivity contribution in [3.63, 3.8) is 0 Å². The van der Waals surface area contributed by atoms with Crippen molar-refractivity contribution in [3.8, 4) is 11.1 Å². The number of benzene rings is 2. The minimum absolute atomic E-state index is 0.334. The van der Waals surface area contributed by atoms with Gasteiger partial charge in [-0.25, -0.2) is 0 Å². The normalized spacial score (nSPS) is 11.6. The first-order valence-corrected chi connectivity index (χ1v) is 7.22. The molecule has 0 aliphatic carbocycles. The van der Waals surface area contributed by atoms with Gasteiger partial charge in [0.05, 0.1) is 5.60 Å². The van der Waals surface area contributed by atoms with Crippen LogP contribution in [0.15, 0.2) is 46.9 Å². The van der Waals surface area contributed by atoms with E-state index in [2.05, 4.69) is 28.1 Å². The summed E-state index contributed by atoms with van der Waals surface area (Å²) in [7, 11) is 1.70. The average Bonchev–Trinajstić information content (AvgIpc) is 2.38. The zero-order valence-electron chi connectivity index (χ0n) is 11.2. The Kier molecular flexibility index (Phi) is 4.34. The van der Waals surface area contributed by atoms with Gasteiger partial charge in [-0.15, -0.1) is 0 Å². The highest BCUT2D eigenvalue weighted by atomic mass is 79.9. The summed E-state index contributed by atoms with van der Waals surface area (Å²) in [5, 5.41) is 0.737. The molecule has 0 spiro atoms. The van der Waals surface area contributed by atoms with E-state index in [1.165, 1.54) is 0 Å². The molecular formula is C16H16BrClO. The van der Waals surface area contributed by atoms with Crippen molar-refractivity contribution in [1.29, 1.82) is 0 Å². The fourth-order valence-electron chi connectivity index (χ4n) is 1.90. The van der Waals surface area contributed by atoms with E-state index in [4.69, 9.17) is 16.3 Å². The van der Waals surface area contributed by atoms with Crippen LogP contribution in [0.2, 0.25) is 5.02 Å². The SMILES string of the molecule is COC(C)(C)c1ccc(-c2cccc(Br)c2)c(Cl)c1. The van der Waals surface area contributed by atoms with Gasteiger partial charge in [0, 0.05) is 22.2 Å². The van der Waals surface area contributed by atoms with Crippen molar-refractivity contribution >= 4 is 27.5 Å². The van der Waals surface area contributed by atoms with Crippen LogP contribution >= 0.6 is 27.5 Å². The van der Waals surface area contributed by atoms with Gasteiger partial charge in [0.2, 0.25) is 0 Å². The Morgan fingerprint density at radius 1 is 1.11 bits per heavy atom. The summed E-state index contributed by atoms with van der Waals surface area (Å²) < 4.78 is 6.52. The zero-order chi connectivity index (χ0) is 14.0. The predicted octanol–water partition coefficient (Wildman–Crippen LogP) is 5.65. The smallest absolute Gasteiger partial charge is 0.0872 e. The molecule has 19 heavy (non-hydrogen) atoms. The summed E-state index contributed by atoms with van der Waals surface area (Å²) in [6.07, 6.45) is 0. The number of ether oxygens (including phenoxy) is 1. The maximum Gasteiger partial charge on any atom is 0.0872 e. The van der Waals surface area contributed by atoms with E-state index in [-0.39, 0.29) is 5.60 Å². The minimum atomic E-state index is -0.334. The third kappa shape index (κ3) is 3.19. The fraction of sp³-hybridized carbons (Fsp3) is 0.250. The Labute approximate surface area is 127 Å². The van der Waals surface area contributed by atoms with Crippen molar-refractivity contribution < 1.29 is 4.74 Å². The third-order valence-corrected chi connectivity index (χ3v) is 4.12. The molecule has 0 aromatic heterocycles. The maximum absolute atomic E-state index is 6.41. The highest BCUT2D eigenvalue weighted by Gasteiger charge is 2.20. The van der Waals surface area contributed by atoms with Gasteiger partial charge >= 0.3 is 0 Å². The fourth-order valence-corrected chi connectivity index (χ4v) is 2.59. The molecular weight excluding hydrogens is 324 g/mol. The van der Waals surface area contributed by atoms with Gasteiger partial charge in [-0.05, 0) is 43.2 Å². The standard InChI is InChI=1S/C16H16BrClO/c1-16(2,19-3)12-7-8-14(15(18)10-12)11-5-4-6-13(17)9-11/h4-10H,1-3H3. The Hall–Kier alpha value is -0.830. The van der Waals surface area contributed by atoms with Gasteiger partial charge in [0.1, 0.15) is 0 Å². The lowest BCUT2D eigenvalue weighted by Gasteiger charge is -2.24. The molecule has 100 valence electrons. The van der Waals surface area contributed by atoms with Gasteiger partial charge in [0.25, 0.3) is 0 Å². The summed E-state index contributed by atoms with van der Waals surface area (Å²) >= 11 is 9.89. The molecule has 0 aliphatic heterocycles. The van der Waals surface area contributed by atoms with Crippen molar-refractivity contribution in [2.75, 3.05) is 7.11 Å². The summed E-state index contributed by atoms with van der Waals surface area (Å²) in [4.78, 5) is 0. The topological polar surface area (TPSA) is 9.23 Å². The van der Waals surface area contributed by atoms with Crippen LogP contribution in [-0.4, -0.2) is 7.11 Å². The molecule has 1 nitrogen and oxygen atoms in total. The first kappa shape index (κ1) is 14.6. The Morgan fingerprint density at radius 3 is 2.42 bits per heavy atom. The second-order valence-corrected chi connectivity index (χ2v) is 6.24. The van der Waals surface area contributed by atoms with E-state index in [1.54, 1.807) is 7.11 Å². The van der Waals surface area contributed by atoms with Crippen LogP contribution in [0, 0.1) is 0 Å². The molecule has 0 saturated carbocycles. The van der Waals surface area contributed by atoms with E-state index in [9.17, 15) is 0 Å². The summed E-state index contributed by atoms with van der Waals surface area (Å²) in [5.41, 5.74) is 2.86. The molecule has 0 bridgehead atoms. The monoisotopic (exact) mass is 338 g/mol. The van der Waals surface area contributed by atoms with Crippen LogP contribution in [0.5, 0.6) is 0 Å². The second-order valence-electron chi connectivity index (χ2n) is 4.92. The molecule has 0 unspecified atom stereocenters. The van der Waals surface area contributed by atoms with Gasteiger partial charge in [0.15, 0.2) is 0 Å². The highest BCUT2D eigenvalue weighted by Crippen LogP contribution is 2.34. The van der Waals surface area contributed by atoms with Crippen LogP contribution < -0.4 is 0 Å². The van der Waals surface area contributed by atoms with E-state index < -0.39 is 0 Å². The van der Waals surface area contributed by atoms with Gasteiger partial charge in [-0.2, -0.15) is 0 Å². The molecule has 2 aromatic rings. The van der Waals surface area contributed by atoms with Gasteiger partial charge < -0.3 is 4.74 Å². The first-order chi connectivity index (χ1) is 8.94. The minimum Gasteiger partial charge on any atom is -0.374 e. The molecule has 0 aliphatic rings. The van der Waals surface area contributed by atoms with Crippen molar-refractivity contribution in [1.82, 2.24) is 0 Å². The van der Waals surface area contributed by atoms with Gasteiger partial charge in [-0.3, -0.25) is 0 Å². The lowest BCUT2D eigenvalue weighted by Crippen LogP contribution is -2.19. The van der Waals surface area contributed by atoms with Crippen LogP contribution in [0.3, 0.4) is 0 Å². The predicted molar refractivity (Wildman–Crippen MR) is 84.6 cm³/mol. The molecule has 0 atom stereocenters. The molecule has 0 amide bonds. The van der Waals surface area contributed by atoms with Gasteiger partial charge in [-0.1, -0.05) is 51.8 Å². The van der Waals surface area contributed by atoms with Crippen LogP contribution in [-0.2, 0) is 10.3 Å². The molecule has 0 heterocycles. The number of hydrogen-bond acceptors (Lipinski definition) is 1. The van der Waals surface area contributed by atoms with Crippen molar-refractivity contribution in [3.05, 3.63) is 57.5 Å². The second kappa shape index (κ2) is 5.66. The molecule has 0 fully saturated rings. The van der Waals surface area contributed by atoms with E-state index in [0.717, 1.165) is 26.2 Å². The average molecular weight is 340 g/mol. The summed E-state index contributed by atoms with van der Waals surface area (Å²) in [5.74, 6) is 0. The number of methoxy groups -OCH3 is 1. The Balaban J connectivity index is 2.46. The molecule has 0 N–H and O–H groups in total. The highest BCUT2D eigenvalue weighted by molar-refractivity contribution is 9.10.